The third kappa shape index (κ3) is 5.43. The molecular weight excluding hydrogens is 240 g/mol. The molecule has 102 valence electrons. The van der Waals surface area contributed by atoms with Crippen LogP contribution in [0.15, 0.2) is 24.3 Å². The number of benzene rings is 1. The average Bonchev–Trinajstić information content (AvgIpc) is 2.46. The van der Waals surface area contributed by atoms with Gasteiger partial charge in [0.1, 0.15) is 5.75 Å². The Labute approximate surface area is 114 Å². The largest absolute Gasteiger partial charge is 0.484 e. The molecule has 19 heavy (non-hydrogen) atoms. The zero-order chi connectivity index (χ0) is 14.1. The van der Waals surface area contributed by atoms with Gasteiger partial charge in [0.25, 0.3) is 5.91 Å². The fraction of sp³-hybridized carbons (Fsp3) is 0.467. The van der Waals surface area contributed by atoms with Crippen LogP contribution in [-0.2, 0) is 4.79 Å². The lowest BCUT2D eigenvalue weighted by atomic mass is 10.0. The van der Waals surface area contributed by atoms with Crippen molar-refractivity contribution in [2.75, 3.05) is 13.2 Å². The Morgan fingerprint density at radius 3 is 2.47 bits per heavy atom. The van der Waals surface area contributed by atoms with E-state index in [4.69, 9.17) is 10.00 Å². The van der Waals surface area contributed by atoms with Crippen molar-refractivity contribution in [3.05, 3.63) is 29.8 Å². The van der Waals surface area contributed by atoms with Gasteiger partial charge in [-0.05, 0) is 30.2 Å². The summed E-state index contributed by atoms with van der Waals surface area (Å²) in [6.07, 6.45) is 2.13. The lowest BCUT2D eigenvalue weighted by molar-refractivity contribution is -0.123. The Morgan fingerprint density at radius 2 is 1.95 bits per heavy atom. The molecule has 0 spiro atoms. The summed E-state index contributed by atoms with van der Waals surface area (Å²) < 4.78 is 5.35. The van der Waals surface area contributed by atoms with Crippen molar-refractivity contribution in [3.8, 4) is 11.8 Å². The number of carbonyl (C=O) groups is 1. The summed E-state index contributed by atoms with van der Waals surface area (Å²) in [5.74, 6) is 1.01. The minimum absolute atomic E-state index is 0.00600. The van der Waals surface area contributed by atoms with Crippen molar-refractivity contribution in [3.63, 3.8) is 0 Å². The minimum atomic E-state index is -0.115. The van der Waals surface area contributed by atoms with E-state index in [1.165, 1.54) is 0 Å². The molecule has 0 bridgehead atoms. The Balaban J connectivity index is 2.31. The van der Waals surface area contributed by atoms with Crippen LogP contribution in [0.4, 0.5) is 0 Å². The maximum atomic E-state index is 11.6. The number of amides is 1. The molecule has 1 N–H and O–H groups in total. The molecule has 0 aliphatic carbocycles. The number of nitrogens with one attached hydrogen (secondary N) is 1. The van der Waals surface area contributed by atoms with E-state index >= 15 is 0 Å². The molecular formula is C15H20N2O2. The first-order valence-corrected chi connectivity index (χ1v) is 6.59. The van der Waals surface area contributed by atoms with Crippen LogP contribution in [-0.4, -0.2) is 19.1 Å². The molecule has 0 unspecified atom stereocenters. The van der Waals surface area contributed by atoms with Gasteiger partial charge in [0.2, 0.25) is 0 Å². The summed E-state index contributed by atoms with van der Waals surface area (Å²) in [5, 5.41) is 11.5. The number of nitriles is 1. The van der Waals surface area contributed by atoms with Gasteiger partial charge >= 0.3 is 0 Å². The van der Waals surface area contributed by atoms with Crippen LogP contribution in [0, 0.1) is 17.2 Å². The fourth-order valence-electron chi connectivity index (χ4n) is 1.66. The normalized spacial score (nSPS) is 10.0. The predicted molar refractivity (Wildman–Crippen MR) is 73.7 cm³/mol. The second kappa shape index (κ2) is 8.15. The van der Waals surface area contributed by atoms with Crippen LogP contribution >= 0.6 is 0 Å². The molecule has 1 rings (SSSR count). The van der Waals surface area contributed by atoms with Gasteiger partial charge in [-0.15, -0.1) is 0 Å². The van der Waals surface area contributed by atoms with E-state index in [2.05, 4.69) is 19.2 Å². The molecule has 0 saturated heterocycles. The van der Waals surface area contributed by atoms with E-state index in [9.17, 15) is 4.79 Å². The zero-order valence-electron chi connectivity index (χ0n) is 11.5. The van der Waals surface area contributed by atoms with Gasteiger partial charge in [0, 0.05) is 6.54 Å². The van der Waals surface area contributed by atoms with Crippen LogP contribution in [0.5, 0.6) is 5.75 Å². The smallest absolute Gasteiger partial charge is 0.257 e. The van der Waals surface area contributed by atoms with Crippen LogP contribution in [0.25, 0.3) is 0 Å². The van der Waals surface area contributed by atoms with Crippen molar-refractivity contribution in [1.29, 1.82) is 5.26 Å². The molecule has 0 radical (unpaired) electrons. The second-order valence-corrected chi connectivity index (χ2v) is 4.41. The van der Waals surface area contributed by atoms with E-state index in [-0.39, 0.29) is 12.5 Å². The number of ether oxygens (including phenoxy) is 1. The summed E-state index contributed by atoms with van der Waals surface area (Å²) in [6, 6.07) is 8.73. The molecule has 0 aliphatic heterocycles. The average molecular weight is 260 g/mol. The van der Waals surface area contributed by atoms with Gasteiger partial charge in [-0.3, -0.25) is 4.79 Å². The van der Waals surface area contributed by atoms with Gasteiger partial charge in [-0.1, -0.05) is 26.7 Å². The number of rotatable bonds is 7. The first kappa shape index (κ1) is 15.0. The van der Waals surface area contributed by atoms with E-state index in [0.717, 1.165) is 12.8 Å². The van der Waals surface area contributed by atoms with Crippen molar-refractivity contribution in [2.45, 2.75) is 26.7 Å². The molecule has 0 atom stereocenters. The number of hydrogen-bond acceptors (Lipinski definition) is 3. The first-order chi connectivity index (χ1) is 9.19. The van der Waals surface area contributed by atoms with Gasteiger partial charge in [0.15, 0.2) is 6.61 Å². The summed E-state index contributed by atoms with van der Waals surface area (Å²) in [4.78, 5) is 11.6. The Bertz CT molecular complexity index is 430. The number of carbonyl (C=O) groups excluding carboxylic acids is 1. The monoisotopic (exact) mass is 260 g/mol. The van der Waals surface area contributed by atoms with Crippen molar-refractivity contribution < 1.29 is 9.53 Å². The van der Waals surface area contributed by atoms with Crippen LogP contribution in [0.3, 0.4) is 0 Å². The topological polar surface area (TPSA) is 62.1 Å². The first-order valence-electron chi connectivity index (χ1n) is 6.59. The Hall–Kier alpha value is -2.02. The predicted octanol–water partition coefficient (Wildman–Crippen LogP) is 2.49. The van der Waals surface area contributed by atoms with E-state index in [1.807, 2.05) is 6.07 Å². The SMILES string of the molecule is CCC(CC)CNC(=O)COc1ccc(C#N)cc1. The summed E-state index contributed by atoms with van der Waals surface area (Å²) in [6.45, 7) is 4.94. The molecule has 0 fully saturated rings. The maximum Gasteiger partial charge on any atom is 0.257 e. The van der Waals surface area contributed by atoms with Gasteiger partial charge < -0.3 is 10.1 Å². The molecule has 1 aromatic carbocycles. The number of hydrogen-bond donors (Lipinski definition) is 1. The maximum absolute atomic E-state index is 11.6. The summed E-state index contributed by atoms with van der Waals surface area (Å²) >= 11 is 0. The fourth-order valence-corrected chi connectivity index (χ4v) is 1.66. The van der Waals surface area contributed by atoms with Crippen molar-refractivity contribution >= 4 is 5.91 Å². The molecule has 4 heteroatoms. The lowest BCUT2D eigenvalue weighted by Crippen LogP contribution is -2.32. The van der Waals surface area contributed by atoms with Gasteiger partial charge in [-0.25, -0.2) is 0 Å². The highest BCUT2D eigenvalue weighted by molar-refractivity contribution is 5.77. The standard InChI is InChI=1S/C15H20N2O2/c1-3-12(4-2)10-17-15(18)11-19-14-7-5-13(9-16)6-8-14/h5-8,12H,3-4,10-11H2,1-2H3,(H,17,18). The molecule has 0 heterocycles. The highest BCUT2D eigenvalue weighted by atomic mass is 16.5. The van der Waals surface area contributed by atoms with E-state index in [0.29, 0.717) is 23.8 Å². The van der Waals surface area contributed by atoms with Crippen LogP contribution in [0.1, 0.15) is 32.3 Å². The molecule has 0 aliphatic rings. The van der Waals surface area contributed by atoms with E-state index in [1.54, 1.807) is 24.3 Å². The van der Waals surface area contributed by atoms with Gasteiger partial charge in [0.05, 0.1) is 11.6 Å². The van der Waals surface area contributed by atoms with Crippen LogP contribution in [0.2, 0.25) is 0 Å². The minimum Gasteiger partial charge on any atom is -0.484 e. The van der Waals surface area contributed by atoms with Gasteiger partial charge in [-0.2, -0.15) is 5.26 Å². The third-order valence-electron chi connectivity index (χ3n) is 3.10. The summed E-state index contributed by atoms with van der Waals surface area (Å²) in [5.41, 5.74) is 0.575. The molecule has 0 saturated carbocycles. The number of nitrogens with zero attached hydrogens (tertiary/aromatic N) is 1. The van der Waals surface area contributed by atoms with Crippen molar-refractivity contribution in [2.24, 2.45) is 5.92 Å². The Kier molecular flexibility index (Phi) is 6.45. The summed E-state index contributed by atoms with van der Waals surface area (Å²) in [7, 11) is 0. The van der Waals surface area contributed by atoms with E-state index < -0.39 is 0 Å². The quantitative estimate of drug-likeness (QED) is 0.819. The molecule has 4 nitrogen and oxygen atoms in total. The zero-order valence-corrected chi connectivity index (χ0v) is 11.5. The highest BCUT2D eigenvalue weighted by Crippen LogP contribution is 2.11. The molecule has 1 amide bonds. The highest BCUT2D eigenvalue weighted by Gasteiger charge is 2.07. The van der Waals surface area contributed by atoms with Crippen LogP contribution < -0.4 is 10.1 Å². The van der Waals surface area contributed by atoms with Crippen molar-refractivity contribution in [1.82, 2.24) is 5.32 Å². The second-order valence-electron chi connectivity index (χ2n) is 4.41. The Morgan fingerprint density at radius 1 is 1.32 bits per heavy atom. The third-order valence-corrected chi connectivity index (χ3v) is 3.10. The lowest BCUT2D eigenvalue weighted by Gasteiger charge is -2.13. The molecule has 0 aromatic heterocycles. The molecule has 1 aromatic rings.